The van der Waals surface area contributed by atoms with E-state index >= 15 is 0 Å². The number of methoxy groups -OCH3 is 1. The van der Waals surface area contributed by atoms with E-state index < -0.39 is 31.1 Å². The van der Waals surface area contributed by atoms with Crippen LogP contribution in [-0.2, 0) is 29.4 Å². The highest BCUT2D eigenvalue weighted by Crippen LogP contribution is 2.39. The molecule has 4 aromatic carbocycles. The Labute approximate surface area is 409 Å². The van der Waals surface area contributed by atoms with Crippen LogP contribution in [0, 0.1) is 18.8 Å². The monoisotopic (exact) mass is 971 g/mol. The first-order chi connectivity index (χ1) is 31.6. The van der Waals surface area contributed by atoms with Crippen LogP contribution < -0.4 is 15.1 Å². The Morgan fingerprint density at radius 2 is 1.17 bits per heavy atom. The molecule has 0 radical (unpaired) electrons. The molecule has 0 aliphatic carbocycles. The molecule has 0 saturated heterocycles. The van der Waals surface area contributed by atoms with Crippen LogP contribution in [-0.4, -0.2) is 62.1 Å². The third-order valence-corrected chi connectivity index (χ3v) is 30.1. The molecule has 364 valence electrons. The first-order valence-electron chi connectivity index (χ1n) is 25.2. The molecule has 0 spiro atoms. The second-order valence-corrected chi connectivity index (χ2v) is 34.5. The second kappa shape index (κ2) is 26.8. The van der Waals surface area contributed by atoms with Gasteiger partial charge in [-0.3, -0.25) is 4.79 Å². The van der Waals surface area contributed by atoms with Crippen molar-refractivity contribution in [2.75, 3.05) is 13.7 Å². The predicted octanol–water partition coefficient (Wildman–Crippen LogP) is 14.4. The lowest BCUT2D eigenvalue weighted by molar-refractivity contribution is -0.118. The van der Waals surface area contributed by atoms with Gasteiger partial charge in [0, 0.05) is 11.5 Å². The highest BCUT2D eigenvalue weighted by molar-refractivity contribution is 8.13. The van der Waals surface area contributed by atoms with Crippen LogP contribution in [0.3, 0.4) is 0 Å². The quantitative estimate of drug-likeness (QED) is 0.0397. The summed E-state index contributed by atoms with van der Waals surface area (Å²) in [6, 6.07) is 44.5. The largest absolute Gasteiger partial charge is 0.497 e. The minimum atomic E-state index is -2.70. The lowest BCUT2D eigenvalue weighted by Gasteiger charge is -2.44. The van der Waals surface area contributed by atoms with E-state index in [1.165, 1.54) is 27.7 Å². The summed E-state index contributed by atoms with van der Waals surface area (Å²) >= 11 is 1.33. The van der Waals surface area contributed by atoms with Crippen molar-refractivity contribution >= 4 is 52.2 Å². The van der Waals surface area contributed by atoms with Gasteiger partial charge < -0.3 is 22.8 Å². The fourth-order valence-corrected chi connectivity index (χ4v) is 20.9. The van der Waals surface area contributed by atoms with Crippen LogP contribution in [0.2, 0.25) is 41.3 Å². The van der Waals surface area contributed by atoms with Gasteiger partial charge in [-0.25, -0.2) is 0 Å². The molecule has 5 atom stereocenters. The average molecular weight is 972 g/mol. The number of ether oxygens (including phenoxy) is 2. The summed E-state index contributed by atoms with van der Waals surface area (Å²) in [5, 5.41) is 2.61. The molecule has 6 nitrogen and oxygen atoms in total. The Balaban J connectivity index is 1.69. The molecule has 0 aromatic heterocycles. The van der Waals surface area contributed by atoms with Gasteiger partial charge >= 0.3 is 0 Å². The molecule has 5 unspecified atom stereocenters. The smallest absolute Gasteiger partial charge is 0.261 e. The highest BCUT2D eigenvalue weighted by Gasteiger charge is 2.50. The molecule has 0 saturated carbocycles. The fourth-order valence-electron chi connectivity index (χ4n) is 9.69. The fraction of sp³-hybridized carbons (Fsp3) is 0.554. The Kier molecular flexibility index (Phi) is 22.7. The van der Waals surface area contributed by atoms with Gasteiger partial charge in [0.25, 0.3) is 8.32 Å². The van der Waals surface area contributed by atoms with E-state index in [9.17, 15) is 4.79 Å². The van der Waals surface area contributed by atoms with Gasteiger partial charge in [0.05, 0.1) is 25.9 Å². The van der Waals surface area contributed by atoms with Crippen LogP contribution in [0.15, 0.2) is 114 Å². The van der Waals surface area contributed by atoms with Gasteiger partial charge in [-0.1, -0.05) is 167 Å². The zero-order valence-electron chi connectivity index (χ0n) is 43.1. The summed E-state index contributed by atoms with van der Waals surface area (Å²) in [6.07, 6.45) is 2.35. The second-order valence-electron chi connectivity index (χ2n) is 19.7. The Morgan fingerprint density at radius 3 is 1.65 bits per heavy atom. The third kappa shape index (κ3) is 14.8. The van der Waals surface area contributed by atoms with Crippen molar-refractivity contribution in [2.24, 2.45) is 11.8 Å². The number of hydrogen-bond donors (Lipinski definition) is 0. The molecule has 0 aliphatic heterocycles. The molecule has 0 aliphatic rings. The molecule has 0 heterocycles. The lowest BCUT2D eigenvalue weighted by Crippen LogP contribution is -2.66. The van der Waals surface area contributed by atoms with Crippen molar-refractivity contribution in [2.45, 2.75) is 180 Å². The van der Waals surface area contributed by atoms with Crippen LogP contribution in [0.25, 0.3) is 0 Å². The number of benzene rings is 4. The average Bonchev–Trinajstić information content (AvgIpc) is 3.34. The van der Waals surface area contributed by atoms with Crippen molar-refractivity contribution in [1.29, 1.82) is 0 Å². The Hall–Kier alpha value is -2.81. The van der Waals surface area contributed by atoms with Gasteiger partial charge in [-0.05, 0) is 138 Å². The molecular weight excluding hydrogens is 885 g/mol. The molecule has 0 amide bonds. The number of carbonyl (C=O) groups is 1. The summed E-state index contributed by atoms with van der Waals surface area (Å²) in [5.41, 5.74) is 2.29. The van der Waals surface area contributed by atoms with E-state index in [1.807, 2.05) is 12.1 Å². The number of thioether (sulfide) groups is 1. The van der Waals surface area contributed by atoms with E-state index in [-0.39, 0.29) is 34.2 Å². The highest BCUT2D eigenvalue weighted by atomic mass is 32.2. The molecule has 4 rings (SSSR count). The van der Waals surface area contributed by atoms with E-state index in [0.29, 0.717) is 19.6 Å². The Bertz CT molecular complexity index is 1910. The SMILES string of the molecule is CC[Si](CC)(CC)OC(CCCC(O[Si](CC)(CC)CC)C(OCc1ccc(OC)cc1)C(C)C(C)CCO[Si](c1ccccc1)(c1ccccc1)C(C)(C)C)C(=O)Sc1ccc(C)cc1. The van der Waals surface area contributed by atoms with E-state index in [1.54, 1.807) is 7.11 Å². The van der Waals surface area contributed by atoms with Crippen molar-refractivity contribution in [1.82, 2.24) is 0 Å². The third-order valence-electron chi connectivity index (χ3n) is 14.8. The number of hydrogen-bond acceptors (Lipinski definition) is 7. The normalized spacial score (nSPS) is 14.9. The zero-order valence-corrected chi connectivity index (χ0v) is 46.9. The maximum absolute atomic E-state index is 14.3. The molecule has 66 heavy (non-hydrogen) atoms. The number of rotatable bonds is 29. The van der Waals surface area contributed by atoms with Crippen LogP contribution in [0.5, 0.6) is 5.75 Å². The van der Waals surface area contributed by atoms with Crippen molar-refractivity contribution < 1.29 is 27.5 Å². The predicted molar refractivity (Wildman–Crippen MR) is 288 cm³/mol. The van der Waals surface area contributed by atoms with Gasteiger partial charge in [0.2, 0.25) is 5.12 Å². The van der Waals surface area contributed by atoms with Gasteiger partial charge in [0.15, 0.2) is 16.6 Å². The lowest BCUT2D eigenvalue weighted by atomic mass is 9.84. The first kappa shape index (κ1) is 55.8. The summed E-state index contributed by atoms with van der Waals surface area (Å²) < 4.78 is 34.9. The summed E-state index contributed by atoms with van der Waals surface area (Å²) in [6.45, 7) is 28.7. The number of aryl methyl sites for hydroxylation is 1. The standard InChI is InChI=1S/C56H86O6SSi3/c1-14-64(15-2,16-3)61-52(31-26-32-53(62-65(17-4,18-5)19-6)55(57)63-49-39-33-44(7)34-40-49)54(59-43-47-35-37-48(58-13)38-36-47)46(9)45(8)41-42-60-66(56(10,11)12,50-27-22-20-23-28-50)51-29-24-21-25-30-51/h20-25,27-30,33-40,45-46,52-54H,14-19,26,31-32,41-43H2,1-13H3. The van der Waals surface area contributed by atoms with Crippen molar-refractivity contribution in [3.63, 3.8) is 0 Å². The molecule has 4 aromatic rings. The van der Waals surface area contributed by atoms with Gasteiger partial charge in [-0.2, -0.15) is 0 Å². The summed E-state index contributed by atoms with van der Waals surface area (Å²) in [4.78, 5) is 15.3. The van der Waals surface area contributed by atoms with E-state index in [4.69, 9.17) is 22.8 Å². The topological polar surface area (TPSA) is 63.2 Å². The van der Waals surface area contributed by atoms with E-state index in [0.717, 1.165) is 71.7 Å². The van der Waals surface area contributed by atoms with Gasteiger partial charge in [0.1, 0.15) is 11.9 Å². The Morgan fingerprint density at radius 1 is 0.652 bits per heavy atom. The summed E-state index contributed by atoms with van der Waals surface area (Å²) in [5.74, 6) is 1.25. The minimum Gasteiger partial charge on any atom is -0.497 e. The first-order valence-corrected chi connectivity index (χ1v) is 33.0. The van der Waals surface area contributed by atoms with Crippen molar-refractivity contribution in [3.8, 4) is 5.75 Å². The maximum Gasteiger partial charge on any atom is 0.261 e. The van der Waals surface area contributed by atoms with Gasteiger partial charge in [-0.15, -0.1) is 0 Å². The number of carbonyl (C=O) groups excluding carboxylic acids is 1. The molecule has 0 N–H and O–H groups in total. The molecule has 0 bridgehead atoms. The van der Waals surface area contributed by atoms with E-state index in [2.05, 4.69) is 180 Å². The molecular formula is C56H86O6SSi3. The van der Waals surface area contributed by atoms with Crippen molar-refractivity contribution in [3.05, 3.63) is 120 Å². The molecule has 10 heteroatoms. The van der Waals surface area contributed by atoms with Crippen LogP contribution >= 0.6 is 11.8 Å². The zero-order chi connectivity index (χ0) is 48.4. The summed E-state index contributed by atoms with van der Waals surface area (Å²) in [7, 11) is -5.21. The van der Waals surface area contributed by atoms with Crippen LogP contribution in [0.4, 0.5) is 0 Å². The maximum atomic E-state index is 14.3. The van der Waals surface area contributed by atoms with Crippen LogP contribution in [0.1, 0.15) is 113 Å². The molecule has 0 fully saturated rings. The minimum absolute atomic E-state index is 0.100.